The first-order chi connectivity index (χ1) is 16.9. The highest BCUT2D eigenvalue weighted by Crippen LogP contribution is 2.23. The van der Waals surface area contributed by atoms with E-state index in [9.17, 15) is 4.79 Å². The van der Waals surface area contributed by atoms with Crippen molar-refractivity contribution in [2.45, 2.75) is 39.5 Å². The largest absolute Gasteiger partial charge is 0.489 e. The first-order valence-electron chi connectivity index (χ1n) is 11.3. The topological polar surface area (TPSA) is 68.5 Å². The molecule has 0 aliphatic rings. The minimum atomic E-state index is -0.145. The van der Waals surface area contributed by atoms with Crippen LogP contribution in [-0.2, 0) is 13.2 Å². The number of nitrogens with zero attached hydrogens (tertiary/aromatic N) is 3. The van der Waals surface area contributed by atoms with Crippen LogP contribution in [0.2, 0.25) is 10.0 Å². The van der Waals surface area contributed by atoms with Gasteiger partial charge in [0.2, 0.25) is 11.7 Å². The molecule has 4 rings (SSSR count). The molecular weight excluding hydrogens is 485 g/mol. The number of hydrogen-bond donors (Lipinski definition) is 0. The van der Waals surface area contributed by atoms with E-state index in [1.807, 2.05) is 56.3 Å². The normalized spacial score (nSPS) is 11.8. The summed E-state index contributed by atoms with van der Waals surface area (Å²) >= 11 is 12.2. The fourth-order valence-corrected chi connectivity index (χ4v) is 3.81. The van der Waals surface area contributed by atoms with Crippen LogP contribution in [0, 0.1) is 0 Å². The predicted molar refractivity (Wildman–Crippen MR) is 137 cm³/mol. The number of hydrogen-bond acceptors (Lipinski definition) is 5. The summed E-state index contributed by atoms with van der Waals surface area (Å²) in [6.07, 6.45) is 0.770. The van der Waals surface area contributed by atoms with Crippen LogP contribution in [0.3, 0.4) is 0 Å². The average Bonchev–Trinajstić information content (AvgIpc) is 3.35. The first kappa shape index (κ1) is 24.8. The molecule has 0 fully saturated rings. The van der Waals surface area contributed by atoms with E-state index in [0.29, 0.717) is 39.7 Å². The molecule has 180 valence electrons. The maximum absolute atomic E-state index is 13.5. The third kappa shape index (κ3) is 6.21. The van der Waals surface area contributed by atoms with Crippen LogP contribution in [0.5, 0.6) is 5.75 Å². The van der Waals surface area contributed by atoms with Gasteiger partial charge < -0.3 is 14.2 Å². The predicted octanol–water partition coefficient (Wildman–Crippen LogP) is 7.06. The van der Waals surface area contributed by atoms with E-state index in [-0.39, 0.29) is 18.5 Å². The van der Waals surface area contributed by atoms with E-state index in [4.69, 9.17) is 32.5 Å². The van der Waals surface area contributed by atoms with Crippen molar-refractivity contribution in [1.82, 2.24) is 15.0 Å². The van der Waals surface area contributed by atoms with Gasteiger partial charge >= 0.3 is 0 Å². The Balaban J connectivity index is 1.50. The van der Waals surface area contributed by atoms with E-state index in [0.717, 1.165) is 17.5 Å². The minimum Gasteiger partial charge on any atom is -0.489 e. The van der Waals surface area contributed by atoms with E-state index >= 15 is 0 Å². The van der Waals surface area contributed by atoms with Crippen molar-refractivity contribution in [2.75, 3.05) is 0 Å². The third-order valence-corrected chi connectivity index (χ3v) is 6.31. The van der Waals surface area contributed by atoms with Crippen LogP contribution >= 0.6 is 23.2 Å². The molecule has 1 amide bonds. The standard InChI is InChI=1S/C27H25Cl2N3O3/c1-3-18(2)32(16-25-30-26(31-35-25)19-11-13-22(28)14-12-19)27(33)20-8-6-9-23(15-20)34-17-21-7-4-5-10-24(21)29/h4-15,18H,3,16-17H2,1-2H3. The van der Waals surface area contributed by atoms with Gasteiger partial charge in [-0.25, -0.2) is 0 Å². The molecule has 0 bridgehead atoms. The van der Waals surface area contributed by atoms with Crippen LogP contribution in [0.4, 0.5) is 0 Å². The number of carbonyl (C=O) groups excluding carboxylic acids is 1. The number of rotatable bonds is 9. The molecule has 1 heterocycles. The molecule has 6 nitrogen and oxygen atoms in total. The zero-order chi connectivity index (χ0) is 24.8. The SMILES string of the molecule is CCC(C)N(Cc1nc(-c2ccc(Cl)cc2)no1)C(=O)c1cccc(OCc2ccccc2Cl)c1. The highest BCUT2D eigenvalue weighted by Gasteiger charge is 2.24. The van der Waals surface area contributed by atoms with Crippen LogP contribution in [0.15, 0.2) is 77.3 Å². The molecule has 0 spiro atoms. The van der Waals surface area contributed by atoms with Crippen molar-refractivity contribution < 1.29 is 14.1 Å². The molecule has 1 aromatic heterocycles. The van der Waals surface area contributed by atoms with E-state index in [2.05, 4.69) is 10.1 Å². The molecule has 0 saturated heterocycles. The van der Waals surface area contributed by atoms with Crippen LogP contribution in [-0.4, -0.2) is 27.0 Å². The summed E-state index contributed by atoms with van der Waals surface area (Å²) in [7, 11) is 0. The van der Waals surface area contributed by atoms with Crippen LogP contribution in [0.25, 0.3) is 11.4 Å². The first-order valence-corrected chi connectivity index (χ1v) is 12.1. The highest BCUT2D eigenvalue weighted by atomic mass is 35.5. The smallest absolute Gasteiger partial charge is 0.254 e. The molecule has 0 aliphatic heterocycles. The van der Waals surface area contributed by atoms with Gasteiger partial charge in [0, 0.05) is 32.8 Å². The monoisotopic (exact) mass is 509 g/mol. The van der Waals surface area contributed by atoms with Crippen molar-refractivity contribution in [3.05, 3.63) is 99.9 Å². The fraction of sp³-hybridized carbons (Fsp3) is 0.222. The number of aromatic nitrogens is 2. The van der Waals surface area contributed by atoms with Gasteiger partial charge in [0.1, 0.15) is 18.9 Å². The molecule has 1 atom stereocenters. The van der Waals surface area contributed by atoms with Gasteiger partial charge in [0.25, 0.3) is 5.91 Å². The average molecular weight is 510 g/mol. The molecule has 0 N–H and O–H groups in total. The summed E-state index contributed by atoms with van der Waals surface area (Å²) in [6.45, 7) is 4.52. The molecule has 0 radical (unpaired) electrons. The Labute approximate surface area is 214 Å². The second kappa shape index (κ2) is 11.4. The lowest BCUT2D eigenvalue weighted by Crippen LogP contribution is -2.37. The molecule has 8 heteroatoms. The Morgan fingerprint density at radius 3 is 2.57 bits per heavy atom. The van der Waals surface area contributed by atoms with E-state index < -0.39 is 0 Å². The minimum absolute atomic E-state index is 0.0407. The van der Waals surface area contributed by atoms with Gasteiger partial charge in [-0.05, 0) is 61.9 Å². The van der Waals surface area contributed by atoms with Gasteiger partial charge in [0.15, 0.2) is 0 Å². The highest BCUT2D eigenvalue weighted by molar-refractivity contribution is 6.31. The summed E-state index contributed by atoms with van der Waals surface area (Å²) in [6, 6.07) is 21.8. The quantitative estimate of drug-likeness (QED) is 0.241. The van der Waals surface area contributed by atoms with Crippen molar-refractivity contribution in [3.8, 4) is 17.1 Å². The second-order valence-electron chi connectivity index (χ2n) is 8.12. The lowest BCUT2D eigenvalue weighted by Gasteiger charge is -2.27. The van der Waals surface area contributed by atoms with Gasteiger partial charge in [-0.3, -0.25) is 4.79 Å². The zero-order valence-corrected chi connectivity index (χ0v) is 21.0. The number of benzene rings is 3. The van der Waals surface area contributed by atoms with Gasteiger partial charge in [0.05, 0.1) is 0 Å². The summed E-state index contributed by atoms with van der Waals surface area (Å²) in [5, 5.41) is 5.33. The Kier molecular flexibility index (Phi) is 8.06. The zero-order valence-electron chi connectivity index (χ0n) is 19.4. The molecule has 4 aromatic rings. The van der Waals surface area contributed by atoms with Crippen LogP contribution in [0.1, 0.15) is 42.1 Å². The number of carbonyl (C=O) groups is 1. The summed E-state index contributed by atoms with van der Waals surface area (Å²) in [4.78, 5) is 19.7. The van der Waals surface area contributed by atoms with Crippen LogP contribution < -0.4 is 4.74 Å². The fourth-order valence-electron chi connectivity index (χ4n) is 3.49. The second-order valence-corrected chi connectivity index (χ2v) is 8.96. The van der Waals surface area contributed by atoms with E-state index in [1.165, 1.54) is 0 Å². The van der Waals surface area contributed by atoms with Gasteiger partial charge in [-0.15, -0.1) is 0 Å². The van der Waals surface area contributed by atoms with Crippen molar-refractivity contribution in [1.29, 1.82) is 0 Å². The summed E-state index contributed by atoms with van der Waals surface area (Å²) < 4.78 is 11.4. The molecule has 35 heavy (non-hydrogen) atoms. The van der Waals surface area contributed by atoms with Crippen molar-refractivity contribution in [2.24, 2.45) is 0 Å². The summed E-state index contributed by atoms with van der Waals surface area (Å²) in [5.41, 5.74) is 2.17. The van der Waals surface area contributed by atoms with Gasteiger partial charge in [-0.1, -0.05) is 59.5 Å². The Morgan fingerprint density at radius 2 is 1.83 bits per heavy atom. The Morgan fingerprint density at radius 1 is 1.06 bits per heavy atom. The molecule has 3 aromatic carbocycles. The molecular formula is C27H25Cl2N3O3. The van der Waals surface area contributed by atoms with E-state index in [1.54, 1.807) is 35.2 Å². The van der Waals surface area contributed by atoms with Crippen molar-refractivity contribution in [3.63, 3.8) is 0 Å². The molecule has 0 aliphatic carbocycles. The lowest BCUT2D eigenvalue weighted by molar-refractivity contribution is 0.0646. The summed E-state index contributed by atoms with van der Waals surface area (Å²) in [5.74, 6) is 1.24. The Hall–Kier alpha value is -3.35. The molecule has 0 saturated carbocycles. The van der Waals surface area contributed by atoms with Crippen molar-refractivity contribution >= 4 is 29.1 Å². The third-order valence-electron chi connectivity index (χ3n) is 5.69. The molecule has 1 unspecified atom stereocenters. The number of ether oxygens (including phenoxy) is 1. The van der Waals surface area contributed by atoms with Gasteiger partial charge in [-0.2, -0.15) is 4.98 Å². The number of halogens is 2. The maximum atomic E-state index is 13.5. The maximum Gasteiger partial charge on any atom is 0.254 e. The Bertz CT molecular complexity index is 1290. The lowest BCUT2D eigenvalue weighted by atomic mass is 10.1. The number of amides is 1.